The summed E-state index contributed by atoms with van der Waals surface area (Å²) < 4.78 is 49.4. The lowest BCUT2D eigenvalue weighted by Crippen LogP contribution is -2.63. The topological polar surface area (TPSA) is 197 Å². The predicted molar refractivity (Wildman–Crippen MR) is 182 cm³/mol. The molecule has 11 atom stereocenters. The number of aryl methyl sites for hydroxylation is 1. The van der Waals surface area contributed by atoms with E-state index in [2.05, 4.69) is 0 Å². The lowest BCUT2D eigenvalue weighted by atomic mass is 9.95. The van der Waals surface area contributed by atoms with Crippen molar-refractivity contribution in [3.05, 3.63) is 92.6 Å². The highest BCUT2D eigenvalue weighted by Crippen LogP contribution is 2.47. The van der Waals surface area contributed by atoms with Crippen LogP contribution in [0.5, 0.6) is 11.5 Å². The third-order valence-electron chi connectivity index (χ3n) is 10.4. The molecule has 5 heterocycles. The molecule has 52 heavy (non-hydrogen) atoms. The Kier molecular flexibility index (Phi) is 7.80. The molecule has 0 amide bonds. The highest BCUT2D eigenvalue weighted by atomic mass is 16.8. The van der Waals surface area contributed by atoms with E-state index in [9.17, 15) is 30.0 Å². The van der Waals surface area contributed by atoms with Crippen LogP contribution in [0.25, 0.3) is 43.5 Å². The Morgan fingerprint density at radius 1 is 0.654 bits per heavy atom. The molecule has 0 bridgehead atoms. The third kappa shape index (κ3) is 4.94. The van der Waals surface area contributed by atoms with Crippen molar-refractivity contribution in [1.82, 2.24) is 0 Å². The van der Waals surface area contributed by atoms with Crippen LogP contribution < -0.4 is 16.0 Å². The number of phenolic OH excluding ortho intramolecular Hbond substituents is 1. The molecule has 4 N–H and O–H groups in total. The quantitative estimate of drug-likeness (QED) is 0.115. The first-order valence-electron chi connectivity index (χ1n) is 16.9. The van der Waals surface area contributed by atoms with Crippen LogP contribution in [0.4, 0.5) is 0 Å². The summed E-state index contributed by atoms with van der Waals surface area (Å²) in [4.78, 5) is 26.8. The smallest absolute Gasteiger partial charge is 0.348 e. The molecule has 0 spiro atoms. The van der Waals surface area contributed by atoms with Gasteiger partial charge >= 0.3 is 11.3 Å². The van der Waals surface area contributed by atoms with Crippen molar-refractivity contribution >= 4 is 43.5 Å². The SMILES string of the molecule is Cc1ccc2oc(=O)c3c(O)c4cccc(OC5OC(C)C6O[C@@H](c7ccccc7)OC6C5OC5OC(C)C(O)C(O)C5O)c4c4oc(=O)c1c2c34. The van der Waals surface area contributed by atoms with E-state index >= 15 is 0 Å². The Morgan fingerprint density at radius 2 is 1.38 bits per heavy atom. The number of benzene rings is 4. The van der Waals surface area contributed by atoms with Crippen LogP contribution in [0, 0.1) is 6.92 Å². The number of rotatable bonds is 5. The molecule has 4 aromatic carbocycles. The lowest BCUT2D eigenvalue weighted by Gasteiger charge is -2.45. The van der Waals surface area contributed by atoms with E-state index in [4.69, 9.17) is 37.3 Å². The average molecular weight is 715 g/mol. The van der Waals surface area contributed by atoms with Crippen molar-refractivity contribution in [1.29, 1.82) is 0 Å². The van der Waals surface area contributed by atoms with Crippen LogP contribution in [0.2, 0.25) is 0 Å². The van der Waals surface area contributed by atoms with Gasteiger partial charge in [0.1, 0.15) is 53.0 Å². The van der Waals surface area contributed by atoms with E-state index in [1.807, 2.05) is 30.3 Å². The number of ether oxygens (including phenoxy) is 6. The van der Waals surface area contributed by atoms with Crippen molar-refractivity contribution in [3.63, 3.8) is 0 Å². The van der Waals surface area contributed by atoms with Crippen molar-refractivity contribution in [2.45, 2.75) is 88.5 Å². The van der Waals surface area contributed by atoms with E-state index in [0.717, 1.165) is 5.56 Å². The van der Waals surface area contributed by atoms with Gasteiger partial charge in [-0.05, 0) is 38.5 Å². The Labute approximate surface area is 293 Å². The first kappa shape index (κ1) is 33.2. The number of hydrogen-bond donors (Lipinski definition) is 4. The van der Waals surface area contributed by atoms with Crippen molar-refractivity contribution in [2.24, 2.45) is 0 Å². The monoisotopic (exact) mass is 714 g/mol. The van der Waals surface area contributed by atoms with E-state index < -0.39 is 84.7 Å². The Morgan fingerprint density at radius 3 is 2.17 bits per heavy atom. The molecule has 10 unspecified atom stereocenters. The summed E-state index contributed by atoms with van der Waals surface area (Å²) in [5, 5.41) is 44.3. The van der Waals surface area contributed by atoms with Gasteiger partial charge in [-0.2, -0.15) is 0 Å². The van der Waals surface area contributed by atoms with Crippen molar-refractivity contribution in [3.8, 4) is 11.5 Å². The summed E-state index contributed by atoms with van der Waals surface area (Å²) >= 11 is 0. The number of hydrogen-bond acceptors (Lipinski definition) is 14. The van der Waals surface area contributed by atoms with Crippen LogP contribution in [0.15, 0.2) is 79.1 Å². The number of aliphatic hydroxyl groups excluding tert-OH is 3. The number of phenols is 1. The molecular formula is C38H34O14. The van der Waals surface area contributed by atoms with Gasteiger partial charge in [0.25, 0.3) is 0 Å². The van der Waals surface area contributed by atoms with Gasteiger partial charge in [0.15, 0.2) is 24.3 Å². The maximum Gasteiger partial charge on any atom is 0.348 e. The van der Waals surface area contributed by atoms with Crippen LogP contribution in [-0.4, -0.2) is 81.8 Å². The molecule has 3 aliphatic heterocycles. The number of aromatic hydroxyl groups is 1. The van der Waals surface area contributed by atoms with Crippen LogP contribution in [-0.2, 0) is 23.7 Å². The normalized spacial score (nSPS) is 32.2. The predicted octanol–water partition coefficient (Wildman–Crippen LogP) is 3.48. The van der Waals surface area contributed by atoms with Crippen LogP contribution in [0.3, 0.4) is 0 Å². The zero-order valence-electron chi connectivity index (χ0n) is 28.0. The molecule has 270 valence electrons. The standard InChI is InChI=1S/C38H34O14/c1-14-12-13-20-23-21(14)34(43)49-31-22-18(27(40)25(24(23)31)35(44)47-20)10-7-11-19(22)48-38-33(52-37-29(42)28(41)26(39)15(2)45-37)32-30(16(3)46-38)50-36(51-32)17-8-5-4-6-9-17/h4-13,15-16,26,28-30,32-33,36-42H,1-3H3/t15?,16?,26?,28?,29?,30?,32?,33?,36-,37?,38?/m1/s1. The maximum atomic E-state index is 13.5. The zero-order valence-corrected chi connectivity index (χ0v) is 28.0. The molecule has 9 rings (SSSR count). The first-order valence-corrected chi connectivity index (χ1v) is 16.9. The first-order chi connectivity index (χ1) is 25.0. The highest BCUT2D eigenvalue weighted by molar-refractivity contribution is 6.28. The fourth-order valence-corrected chi connectivity index (χ4v) is 7.72. The summed E-state index contributed by atoms with van der Waals surface area (Å²) in [6, 6.07) is 17.2. The Bertz CT molecular complexity index is 2440. The molecule has 3 aliphatic rings. The zero-order chi connectivity index (χ0) is 36.2. The largest absolute Gasteiger partial charge is 0.506 e. The van der Waals surface area contributed by atoms with E-state index in [1.165, 1.54) is 6.92 Å². The Balaban J connectivity index is 1.19. The molecule has 0 aliphatic carbocycles. The summed E-state index contributed by atoms with van der Waals surface area (Å²) in [7, 11) is 0. The third-order valence-corrected chi connectivity index (χ3v) is 10.4. The minimum Gasteiger partial charge on any atom is -0.506 e. The molecule has 6 aromatic rings. The molecule has 3 fully saturated rings. The van der Waals surface area contributed by atoms with Gasteiger partial charge in [0.2, 0.25) is 6.29 Å². The molecule has 0 saturated carbocycles. The second-order valence-electron chi connectivity index (χ2n) is 13.6. The van der Waals surface area contributed by atoms with Crippen molar-refractivity contribution in [2.75, 3.05) is 0 Å². The van der Waals surface area contributed by atoms with Gasteiger partial charge in [-0.25, -0.2) is 9.59 Å². The summed E-state index contributed by atoms with van der Waals surface area (Å²) in [5.74, 6) is -0.309. The van der Waals surface area contributed by atoms with Crippen LogP contribution in [0.1, 0.15) is 31.3 Å². The summed E-state index contributed by atoms with van der Waals surface area (Å²) in [5.41, 5.74) is -0.0274. The maximum absolute atomic E-state index is 13.5. The molecule has 3 saturated heterocycles. The second kappa shape index (κ2) is 12.2. The van der Waals surface area contributed by atoms with Gasteiger partial charge in [0.05, 0.1) is 23.0 Å². The molecule has 0 radical (unpaired) electrons. The van der Waals surface area contributed by atoms with Gasteiger partial charge in [-0.1, -0.05) is 48.5 Å². The molecule has 14 heteroatoms. The fraction of sp³-hybridized carbons (Fsp3) is 0.368. The molecule has 14 nitrogen and oxygen atoms in total. The summed E-state index contributed by atoms with van der Waals surface area (Å²) in [6.45, 7) is 5.04. The van der Waals surface area contributed by atoms with Gasteiger partial charge < -0.3 is 57.7 Å². The average Bonchev–Trinajstić information content (AvgIpc) is 3.59. The Hall–Kier alpha value is -4.64. The van der Waals surface area contributed by atoms with E-state index in [1.54, 1.807) is 44.2 Å². The fourth-order valence-electron chi connectivity index (χ4n) is 7.72. The summed E-state index contributed by atoms with van der Waals surface area (Å²) in [6.07, 6.45) is -12.4. The minimum absolute atomic E-state index is 0.0137. The van der Waals surface area contributed by atoms with Crippen LogP contribution >= 0.6 is 0 Å². The van der Waals surface area contributed by atoms with E-state index in [-0.39, 0.29) is 43.8 Å². The van der Waals surface area contributed by atoms with Crippen molar-refractivity contribution < 1.29 is 57.7 Å². The lowest BCUT2D eigenvalue weighted by molar-refractivity contribution is -0.344. The minimum atomic E-state index is -1.65. The highest BCUT2D eigenvalue weighted by Gasteiger charge is 2.56. The molecule has 2 aromatic heterocycles. The van der Waals surface area contributed by atoms with Gasteiger partial charge in [-0.3, -0.25) is 0 Å². The molecular weight excluding hydrogens is 680 g/mol. The number of fused-ring (bicyclic) bond motifs is 3. The van der Waals surface area contributed by atoms with E-state index in [0.29, 0.717) is 10.9 Å². The second-order valence-corrected chi connectivity index (χ2v) is 13.6. The van der Waals surface area contributed by atoms with Gasteiger partial charge in [-0.15, -0.1) is 0 Å². The van der Waals surface area contributed by atoms with Gasteiger partial charge in [0, 0.05) is 21.7 Å². The number of aliphatic hydroxyl groups is 3.